The molecule has 0 fully saturated rings. The fraction of sp³-hybridized carbons (Fsp3) is 1.00. The second-order valence-electron chi connectivity index (χ2n) is 6.38. The summed E-state index contributed by atoms with van der Waals surface area (Å²) in [4.78, 5) is 0. The maximum Gasteiger partial charge on any atom is 0.709 e. The molecule has 0 aromatic heterocycles. The third kappa shape index (κ3) is 9.55. The third-order valence-corrected chi connectivity index (χ3v) is 5.33. The minimum atomic E-state index is -4.08. The molecule has 10 heteroatoms. The fourth-order valence-corrected chi connectivity index (χ4v) is 3.42. The Hall–Kier alpha value is -0.340. The van der Waals surface area contributed by atoms with Crippen LogP contribution in [0.2, 0.25) is 0 Å². The highest BCUT2D eigenvalue weighted by atomic mass is 31.1. The van der Waals surface area contributed by atoms with Crippen molar-refractivity contribution in [2.75, 3.05) is 0 Å². The monoisotopic (exact) mass is 409 g/mol. The lowest BCUT2D eigenvalue weighted by Gasteiger charge is -2.23. The molecule has 0 saturated carbocycles. The van der Waals surface area contributed by atoms with Gasteiger partial charge in [0.05, 0.1) is 25.0 Å². The van der Waals surface area contributed by atoms with E-state index in [0.29, 0.717) is 25.7 Å². The van der Waals surface area contributed by atoms with Crippen LogP contribution in [0.4, 0.5) is 17.6 Å². The van der Waals surface area contributed by atoms with Gasteiger partial charge in [0.1, 0.15) is 0 Å². The van der Waals surface area contributed by atoms with Crippen LogP contribution in [-0.4, -0.2) is 34.6 Å². The summed E-state index contributed by atoms with van der Waals surface area (Å²) in [5.41, 5.74) is 0. The summed E-state index contributed by atoms with van der Waals surface area (Å²) in [6, 6.07) is 0. The molecule has 0 rings (SSSR count). The number of aliphatic hydroxyl groups is 2. The molecule has 2 atom stereocenters. The van der Waals surface area contributed by atoms with Crippen LogP contribution in [0.3, 0.4) is 0 Å². The number of hydrogen-bond donors (Lipinski definition) is 2. The van der Waals surface area contributed by atoms with Crippen LogP contribution >= 0.6 is 8.25 Å². The standard InChI is InChI=1S/C16H30F4O5P/c1-5-11(6-2)13(21)9-15(17,18)24-26(23)25-16(19,20)10-14(22)12(7-3)8-4/h11-14,21-22H,5-10H2,1-4H3/q+1. The summed E-state index contributed by atoms with van der Waals surface area (Å²) in [6.45, 7) is 6.86. The second kappa shape index (κ2) is 11.5. The van der Waals surface area contributed by atoms with Crippen LogP contribution in [0.25, 0.3) is 0 Å². The summed E-state index contributed by atoms with van der Waals surface area (Å²) in [6.07, 6.45) is -11.6. The highest BCUT2D eigenvalue weighted by molar-refractivity contribution is 7.33. The molecular weight excluding hydrogens is 379 g/mol. The quantitative estimate of drug-likeness (QED) is 0.303. The van der Waals surface area contributed by atoms with Gasteiger partial charge in [0, 0.05) is 4.57 Å². The van der Waals surface area contributed by atoms with Crippen LogP contribution in [0, 0.1) is 11.8 Å². The molecule has 0 aliphatic carbocycles. The van der Waals surface area contributed by atoms with Gasteiger partial charge in [0.25, 0.3) is 0 Å². The first-order chi connectivity index (χ1) is 11.9. The summed E-state index contributed by atoms with van der Waals surface area (Å²) in [5, 5.41) is 19.5. The molecule has 5 nitrogen and oxygen atoms in total. The van der Waals surface area contributed by atoms with Gasteiger partial charge in [-0.15, -0.1) is 0 Å². The molecule has 156 valence electrons. The SMILES string of the molecule is CCC(CC)C(O)CC(F)(F)O[P+](=O)OC(F)(F)CC(O)C(CC)CC. The van der Waals surface area contributed by atoms with E-state index in [4.69, 9.17) is 0 Å². The van der Waals surface area contributed by atoms with E-state index >= 15 is 0 Å². The molecule has 0 radical (unpaired) electrons. The minimum Gasteiger partial charge on any atom is -0.392 e. The number of hydrogen-bond acceptors (Lipinski definition) is 5. The van der Waals surface area contributed by atoms with Crippen molar-refractivity contribution < 1.29 is 41.4 Å². The number of alkyl halides is 4. The smallest absolute Gasteiger partial charge is 0.392 e. The van der Waals surface area contributed by atoms with Crippen molar-refractivity contribution in [3.05, 3.63) is 0 Å². The Morgan fingerprint density at radius 1 is 0.769 bits per heavy atom. The van der Waals surface area contributed by atoms with Crippen LogP contribution in [0.15, 0.2) is 0 Å². The zero-order valence-electron chi connectivity index (χ0n) is 15.6. The molecule has 0 aliphatic heterocycles. The molecule has 0 aromatic rings. The van der Waals surface area contributed by atoms with E-state index in [1.807, 2.05) is 0 Å². The summed E-state index contributed by atoms with van der Waals surface area (Å²) >= 11 is 0. The zero-order valence-corrected chi connectivity index (χ0v) is 16.5. The van der Waals surface area contributed by atoms with Gasteiger partial charge < -0.3 is 10.2 Å². The normalized spacial score (nSPS) is 16.2. The van der Waals surface area contributed by atoms with Crippen LogP contribution in [0.1, 0.15) is 66.2 Å². The van der Waals surface area contributed by atoms with Gasteiger partial charge in [-0.05, 0) is 20.9 Å². The Labute approximate surface area is 153 Å². The van der Waals surface area contributed by atoms with Crippen molar-refractivity contribution >= 4 is 8.25 Å². The molecular formula is C16H30F4O5P+. The van der Waals surface area contributed by atoms with E-state index in [9.17, 15) is 32.3 Å². The van der Waals surface area contributed by atoms with Crippen molar-refractivity contribution in [1.82, 2.24) is 0 Å². The molecule has 0 aromatic carbocycles. The van der Waals surface area contributed by atoms with E-state index in [0.717, 1.165) is 0 Å². The average Bonchev–Trinajstić information content (AvgIpc) is 2.46. The van der Waals surface area contributed by atoms with Crippen LogP contribution < -0.4 is 0 Å². The molecule has 0 aliphatic rings. The molecule has 0 bridgehead atoms. The van der Waals surface area contributed by atoms with Gasteiger partial charge in [0.15, 0.2) is 0 Å². The van der Waals surface area contributed by atoms with E-state index < -0.39 is 57.4 Å². The van der Waals surface area contributed by atoms with Gasteiger partial charge in [-0.25, -0.2) is 0 Å². The van der Waals surface area contributed by atoms with Gasteiger partial charge >= 0.3 is 20.5 Å². The molecule has 0 amide bonds. The van der Waals surface area contributed by atoms with Gasteiger partial charge in [0.2, 0.25) is 0 Å². The molecule has 2 N–H and O–H groups in total. The van der Waals surface area contributed by atoms with Crippen molar-refractivity contribution in [2.24, 2.45) is 11.8 Å². The Balaban J connectivity index is 4.69. The zero-order chi connectivity index (χ0) is 20.5. The lowest BCUT2D eigenvalue weighted by molar-refractivity contribution is -0.230. The topological polar surface area (TPSA) is 76.0 Å². The predicted molar refractivity (Wildman–Crippen MR) is 89.1 cm³/mol. The summed E-state index contributed by atoms with van der Waals surface area (Å²) < 4.78 is 73.8. The highest BCUT2D eigenvalue weighted by Crippen LogP contribution is 2.43. The van der Waals surface area contributed by atoms with Gasteiger partial charge in [-0.3, -0.25) is 0 Å². The van der Waals surface area contributed by atoms with Crippen LogP contribution in [-0.2, 0) is 13.6 Å². The average molecular weight is 409 g/mol. The maximum absolute atomic E-state index is 13.7. The fourth-order valence-electron chi connectivity index (χ4n) is 2.80. The van der Waals surface area contributed by atoms with Crippen LogP contribution in [0.5, 0.6) is 0 Å². The number of aliphatic hydroxyl groups excluding tert-OH is 2. The Morgan fingerprint density at radius 3 is 1.27 bits per heavy atom. The first-order valence-corrected chi connectivity index (χ1v) is 9.98. The molecule has 0 heterocycles. The predicted octanol–water partition coefficient (Wildman–Crippen LogP) is 5.24. The van der Waals surface area contributed by atoms with E-state index in [1.54, 1.807) is 27.7 Å². The van der Waals surface area contributed by atoms with E-state index in [2.05, 4.69) is 9.05 Å². The molecule has 0 saturated heterocycles. The second-order valence-corrected chi connectivity index (χ2v) is 7.19. The highest BCUT2D eigenvalue weighted by Gasteiger charge is 2.51. The first kappa shape index (κ1) is 25.7. The largest absolute Gasteiger partial charge is 0.709 e. The Morgan fingerprint density at radius 2 is 1.04 bits per heavy atom. The maximum atomic E-state index is 13.7. The van der Waals surface area contributed by atoms with Crippen molar-refractivity contribution in [3.63, 3.8) is 0 Å². The van der Waals surface area contributed by atoms with Crippen molar-refractivity contribution in [3.8, 4) is 0 Å². The molecule has 26 heavy (non-hydrogen) atoms. The Kier molecular flexibility index (Phi) is 11.3. The number of halogens is 4. The lowest BCUT2D eigenvalue weighted by atomic mass is 9.94. The summed E-state index contributed by atoms with van der Waals surface area (Å²) in [5.74, 6) is -0.834. The van der Waals surface area contributed by atoms with Gasteiger partial charge in [-0.1, -0.05) is 53.4 Å². The third-order valence-electron chi connectivity index (χ3n) is 4.50. The van der Waals surface area contributed by atoms with Gasteiger partial charge in [-0.2, -0.15) is 17.6 Å². The van der Waals surface area contributed by atoms with Crippen molar-refractivity contribution in [1.29, 1.82) is 0 Å². The number of rotatable bonds is 14. The molecule has 2 unspecified atom stereocenters. The Bertz CT molecular complexity index is 381. The summed E-state index contributed by atoms with van der Waals surface area (Å²) in [7, 11) is -3.85. The van der Waals surface area contributed by atoms with Crippen molar-refractivity contribution in [2.45, 2.75) is 90.6 Å². The van der Waals surface area contributed by atoms with E-state index in [-0.39, 0.29) is 0 Å². The van der Waals surface area contributed by atoms with E-state index in [1.165, 1.54) is 0 Å². The first-order valence-electron chi connectivity index (χ1n) is 8.88. The minimum absolute atomic E-state index is 0.417. The lowest BCUT2D eigenvalue weighted by Crippen LogP contribution is -2.32. The molecule has 0 spiro atoms.